The Bertz CT molecular complexity index is 656. The molecule has 1 aliphatic rings. The summed E-state index contributed by atoms with van der Waals surface area (Å²) in [4.78, 5) is 9.25. The lowest BCUT2D eigenvalue weighted by molar-refractivity contribution is 0.278. The summed E-state index contributed by atoms with van der Waals surface area (Å²) in [5.74, 6) is 0.749. The Morgan fingerprint density at radius 3 is 2.80 bits per heavy atom. The van der Waals surface area contributed by atoms with E-state index in [2.05, 4.69) is 23.9 Å². The third kappa shape index (κ3) is 2.22. The van der Waals surface area contributed by atoms with E-state index in [1.165, 1.54) is 0 Å². The van der Waals surface area contributed by atoms with Crippen LogP contribution in [0.5, 0.6) is 0 Å². The van der Waals surface area contributed by atoms with Gasteiger partial charge in [0.15, 0.2) is 5.82 Å². The van der Waals surface area contributed by atoms with E-state index in [1.54, 1.807) is 4.68 Å². The van der Waals surface area contributed by atoms with Crippen molar-refractivity contribution < 1.29 is 0 Å². The maximum absolute atomic E-state index is 6.25. The van der Waals surface area contributed by atoms with E-state index in [9.17, 15) is 0 Å². The van der Waals surface area contributed by atoms with Crippen LogP contribution in [0.25, 0.3) is 11.4 Å². The third-order valence-electron chi connectivity index (χ3n) is 3.97. The van der Waals surface area contributed by atoms with Gasteiger partial charge in [0.05, 0.1) is 11.3 Å². The largest absolute Gasteiger partial charge is 0.324 e. The second-order valence-electron chi connectivity index (χ2n) is 6.55. The van der Waals surface area contributed by atoms with Crippen molar-refractivity contribution in [3.05, 3.63) is 29.3 Å². The van der Waals surface area contributed by atoms with E-state index in [0.717, 1.165) is 41.2 Å². The van der Waals surface area contributed by atoms with E-state index < -0.39 is 0 Å². The number of nitrogens with two attached hydrogens (primary N) is 1. The highest BCUT2D eigenvalue weighted by Crippen LogP contribution is 2.38. The minimum Gasteiger partial charge on any atom is -0.324 e. The van der Waals surface area contributed by atoms with Crippen LogP contribution in [0.2, 0.25) is 0 Å². The summed E-state index contributed by atoms with van der Waals surface area (Å²) in [6, 6.07) is 0.0396. The minimum absolute atomic E-state index is 0.0396. The number of hydrogen-bond acceptors (Lipinski definition) is 4. The van der Waals surface area contributed by atoms with Crippen molar-refractivity contribution in [3.8, 4) is 11.4 Å². The Hall–Kier alpha value is -1.75. The number of hydrogen-bond donors (Lipinski definition) is 1. The van der Waals surface area contributed by atoms with Gasteiger partial charge in [-0.2, -0.15) is 5.10 Å². The molecule has 2 heterocycles. The van der Waals surface area contributed by atoms with Crippen LogP contribution in [-0.4, -0.2) is 19.7 Å². The topological polar surface area (TPSA) is 69.6 Å². The molecule has 0 fully saturated rings. The fourth-order valence-electron chi connectivity index (χ4n) is 3.06. The maximum Gasteiger partial charge on any atom is 0.162 e. The van der Waals surface area contributed by atoms with E-state index >= 15 is 0 Å². The fourth-order valence-corrected chi connectivity index (χ4v) is 3.06. The molecule has 2 aromatic heterocycles. The van der Waals surface area contributed by atoms with Crippen molar-refractivity contribution >= 4 is 0 Å². The molecule has 0 bridgehead atoms. The molecule has 2 aromatic rings. The van der Waals surface area contributed by atoms with Gasteiger partial charge in [-0.3, -0.25) is 4.68 Å². The first-order valence-corrected chi connectivity index (χ1v) is 6.98. The highest BCUT2D eigenvalue weighted by Gasteiger charge is 2.31. The van der Waals surface area contributed by atoms with Gasteiger partial charge in [0.1, 0.15) is 0 Å². The van der Waals surface area contributed by atoms with Crippen molar-refractivity contribution in [2.75, 3.05) is 0 Å². The molecule has 1 unspecified atom stereocenters. The molecular weight excluding hydrogens is 250 g/mol. The molecule has 2 N–H and O–H groups in total. The molecular formula is C15H21N5. The van der Waals surface area contributed by atoms with E-state index in [1.807, 2.05) is 26.4 Å². The van der Waals surface area contributed by atoms with Gasteiger partial charge in [-0.15, -0.1) is 0 Å². The van der Waals surface area contributed by atoms with Gasteiger partial charge in [0.2, 0.25) is 0 Å². The Labute approximate surface area is 119 Å². The number of aromatic nitrogens is 4. The lowest BCUT2D eigenvalue weighted by Gasteiger charge is -2.34. The van der Waals surface area contributed by atoms with Crippen LogP contribution in [0.4, 0.5) is 0 Å². The SMILES string of the molecule is Cc1nn(C)cc1-c1ncc2c(n1)CC(C)(C)CC2N. The second-order valence-corrected chi connectivity index (χ2v) is 6.55. The van der Waals surface area contributed by atoms with Crippen LogP contribution >= 0.6 is 0 Å². The molecule has 106 valence electrons. The molecule has 5 heteroatoms. The van der Waals surface area contributed by atoms with Crippen LogP contribution in [0.1, 0.15) is 43.3 Å². The molecule has 20 heavy (non-hydrogen) atoms. The summed E-state index contributed by atoms with van der Waals surface area (Å²) in [6.07, 6.45) is 5.79. The third-order valence-corrected chi connectivity index (χ3v) is 3.97. The van der Waals surface area contributed by atoms with Crippen LogP contribution < -0.4 is 5.73 Å². The molecule has 0 radical (unpaired) electrons. The molecule has 0 spiro atoms. The zero-order valence-electron chi connectivity index (χ0n) is 12.5. The molecule has 0 saturated heterocycles. The molecule has 3 rings (SSSR count). The summed E-state index contributed by atoms with van der Waals surface area (Å²) < 4.78 is 1.79. The number of nitrogens with zero attached hydrogens (tertiary/aromatic N) is 4. The monoisotopic (exact) mass is 271 g/mol. The van der Waals surface area contributed by atoms with Gasteiger partial charge < -0.3 is 5.73 Å². The Balaban J connectivity index is 2.07. The summed E-state index contributed by atoms with van der Waals surface area (Å²) in [5, 5.41) is 4.36. The van der Waals surface area contributed by atoms with Gasteiger partial charge >= 0.3 is 0 Å². The Morgan fingerprint density at radius 1 is 1.40 bits per heavy atom. The molecule has 0 amide bonds. The zero-order valence-corrected chi connectivity index (χ0v) is 12.5. The standard InChI is InChI=1S/C15H21N5/c1-9-11(8-20(4)19-9)14-17-7-10-12(16)5-15(2,3)6-13(10)18-14/h7-8,12H,5-6,16H2,1-4H3. The lowest BCUT2D eigenvalue weighted by atomic mass is 9.74. The molecule has 0 saturated carbocycles. The normalized spacial score (nSPS) is 20.8. The number of fused-ring (bicyclic) bond motifs is 1. The average molecular weight is 271 g/mol. The highest BCUT2D eigenvalue weighted by molar-refractivity contribution is 5.57. The van der Waals surface area contributed by atoms with Crippen molar-refractivity contribution in [1.82, 2.24) is 19.7 Å². The van der Waals surface area contributed by atoms with Crippen molar-refractivity contribution in [3.63, 3.8) is 0 Å². The van der Waals surface area contributed by atoms with E-state index in [4.69, 9.17) is 10.7 Å². The molecule has 5 nitrogen and oxygen atoms in total. The van der Waals surface area contributed by atoms with Crippen LogP contribution in [-0.2, 0) is 13.5 Å². The van der Waals surface area contributed by atoms with Crippen molar-refractivity contribution in [2.45, 2.75) is 39.7 Å². The van der Waals surface area contributed by atoms with E-state index in [-0.39, 0.29) is 11.5 Å². The van der Waals surface area contributed by atoms with Gasteiger partial charge in [-0.1, -0.05) is 13.8 Å². The number of aryl methyl sites for hydroxylation is 2. The van der Waals surface area contributed by atoms with Crippen LogP contribution in [0, 0.1) is 12.3 Å². The van der Waals surface area contributed by atoms with Gasteiger partial charge in [-0.25, -0.2) is 9.97 Å². The van der Waals surface area contributed by atoms with Crippen LogP contribution in [0.3, 0.4) is 0 Å². The zero-order chi connectivity index (χ0) is 14.5. The smallest absolute Gasteiger partial charge is 0.162 e. The fraction of sp³-hybridized carbons (Fsp3) is 0.533. The molecule has 1 aliphatic carbocycles. The minimum atomic E-state index is 0.0396. The first-order valence-electron chi connectivity index (χ1n) is 6.98. The molecule has 1 atom stereocenters. The first kappa shape index (κ1) is 13.2. The second kappa shape index (κ2) is 4.38. The van der Waals surface area contributed by atoms with Crippen molar-refractivity contribution in [1.29, 1.82) is 0 Å². The summed E-state index contributed by atoms with van der Waals surface area (Å²) >= 11 is 0. The van der Waals surface area contributed by atoms with Gasteiger partial charge in [0, 0.05) is 36.7 Å². The highest BCUT2D eigenvalue weighted by atomic mass is 15.3. The number of rotatable bonds is 1. The Morgan fingerprint density at radius 2 is 2.15 bits per heavy atom. The average Bonchev–Trinajstić information content (AvgIpc) is 2.66. The van der Waals surface area contributed by atoms with Crippen molar-refractivity contribution in [2.24, 2.45) is 18.2 Å². The molecule has 0 aromatic carbocycles. The van der Waals surface area contributed by atoms with Gasteiger partial charge in [-0.05, 0) is 25.2 Å². The van der Waals surface area contributed by atoms with Crippen LogP contribution in [0.15, 0.2) is 12.4 Å². The quantitative estimate of drug-likeness (QED) is 0.863. The summed E-state index contributed by atoms with van der Waals surface area (Å²) in [6.45, 7) is 6.47. The predicted molar refractivity (Wildman–Crippen MR) is 78.0 cm³/mol. The lowest BCUT2D eigenvalue weighted by Crippen LogP contribution is -2.30. The summed E-state index contributed by atoms with van der Waals surface area (Å²) in [7, 11) is 1.91. The first-order chi connectivity index (χ1) is 9.35. The predicted octanol–water partition coefficient (Wildman–Crippen LogP) is 2.16. The van der Waals surface area contributed by atoms with E-state index in [0.29, 0.717) is 0 Å². The molecule has 0 aliphatic heterocycles. The summed E-state index contributed by atoms with van der Waals surface area (Å²) in [5.41, 5.74) is 10.6. The Kier molecular flexibility index (Phi) is 2.90. The maximum atomic E-state index is 6.25. The van der Waals surface area contributed by atoms with Gasteiger partial charge in [0.25, 0.3) is 0 Å².